The lowest BCUT2D eigenvalue weighted by atomic mass is 10.0. The first-order chi connectivity index (χ1) is 6.56. The molecule has 5 nitrogen and oxygen atoms in total. The van der Waals surface area contributed by atoms with Crippen LogP contribution in [0.2, 0.25) is 0 Å². The predicted molar refractivity (Wildman–Crippen MR) is 50.6 cm³/mol. The summed E-state index contributed by atoms with van der Waals surface area (Å²) in [5.41, 5.74) is 10.7. The Bertz CT molecular complexity index is 352. The van der Waals surface area contributed by atoms with Gasteiger partial charge in [-0.05, 0) is 17.7 Å². The van der Waals surface area contributed by atoms with Gasteiger partial charge in [-0.1, -0.05) is 6.07 Å². The average Bonchev–Trinajstić information content (AvgIpc) is 2.17. The average molecular weight is 196 g/mol. The van der Waals surface area contributed by atoms with Crippen LogP contribution in [-0.4, -0.2) is 22.7 Å². The van der Waals surface area contributed by atoms with Crippen LogP contribution >= 0.6 is 0 Å². The monoisotopic (exact) mass is 196 g/mol. The number of carbonyl (C=O) groups excluding carboxylic acids is 1. The maximum atomic E-state index is 10.8. The zero-order valence-corrected chi connectivity index (χ0v) is 7.47. The minimum Gasteiger partial charge on any atom is -0.507 e. The minimum absolute atomic E-state index is 0.0185. The lowest BCUT2D eigenvalue weighted by Crippen LogP contribution is -2.15. The normalized spacial score (nSPS) is 12.4. The van der Waals surface area contributed by atoms with Crippen LogP contribution in [0.5, 0.6) is 5.75 Å². The van der Waals surface area contributed by atoms with Gasteiger partial charge in [-0.3, -0.25) is 4.79 Å². The van der Waals surface area contributed by atoms with E-state index >= 15 is 0 Å². The number of rotatable bonds is 3. The number of hydrogen-bond donors (Lipinski definition) is 4. The second kappa shape index (κ2) is 4.08. The SMILES string of the molecule is NCC(O)c1ccc(O)c(C(N)=O)c1. The van der Waals surface area contributed by atoms with Crippen molar-refractivity contribution in [2.45, 2.75) is 6.10 Å². The van der Waals surface area contributed by atoms with Crippen molar-refractivity contribution >= 4 is 5.91 Å². The fraction of sp³-hybridized carbons (Fsp3) is 0.222. The van der Waals surface area contributed by atoms with Crippen LogP contribution in [0, 0.1) is 0 Å². The van der Waals surface area contributed by atoms with Gasteiger partial charge < -0.3 is 21.7 Å². The van der Waals surface area contributed by atoms with Crippen LogP contribution in [0.4, 0.5) is 0 Å². The molecule has 0 bridgehead atoms. The molecule has 0 aliphatic heterocycles. The van der Waals surface area contributed by atoms with Gasteiger partial charge in [0.25, 0.3) is 5.91 Å². The highest BCUT2D eigenvalue weighted by Gasteiger charge is 2.11. The zero-order chi connectivity index (χ0) is 10.7. The first kappa shape index (κ1) is 10.5. The molecule has 6 N–H and O–H groups in total. The number of aromatic hydroxyl groups is 1. The van der Waals surface area contributed by atoms with E-state index in [0.717, 1.165) is 0 Å². The van der Waals surface area contributed by atoms with Gasteiger partial charge in [-0.15, -0.1) is 0 Å². The standard InChI is InChI=1S/C9H12N2O3/c10-4-8(13)5-1-2-7(12)6(3-5)9(11)14/h1-3,8,12-13H,4,10H2,(H2,11,14). The molecule has 0 saturated carbocycles. The number of aliphatic hydroxyl groups is 1. The number of carbonyl (C=O) groups is 1. The molecule has 14 heavy (non-hydrogen) atoms. The van der Waals surface area contributed by atoms with E-state index in [4.69, 9.17) is 11.5 Å². The van der Waals surface area contributed by atoms with E-state index in [1.807, 2.05) is 0 Å². The molecule has 0 heterocycles. The maximum Gasteiger partial charge on any atom is 0.252 e. The zero-order valence-electron chi connectivity index (χ0n) is 7.47. The quantitative estimate of drug-likeness (QED) is 0.521. The number of benzene rings is 1. The van der Waals surface area contributed by atoms with E-state index in [1.165, 1.54) is 18.2 Å². The van der Waals surface area contributed by atoms with Crippen LogP contribution in [-0.2, 0) is 0 Å². The van der Waals surface area contributed by atoms with Gasteiger partial charge >= 0.3 is 0 Å². The summed E-state index contributed by atoms with van der Waals surface area (Å²) in [7, 11) is 0. The lowest BCUT2D eigenvalue weighted by Gasteiger charge is -2.09. The summed E-state index contributed by atoms with van der Waals surface area (Å²) < 4.78 is 0. The Balaban J connectivity index is 3.12. The third-order valence-electron chi connectivity index (χ3n) is 1.89. The highest BCUT2D eigenvalue weighted by molar-refractivity contribution is 5.95. The molecular formula is C9H12N2O3. The molecule has 1 aromatic rings. The second-order valence-corrected chi connectivity index (χ2v) is 2.89. The molecule has 76 valence electrons. The molecule has 1 amide bonds. The van der Waals surface area contributed by atoms with Gasteiger partial charge in [0.15, 0.2) is 0 Å². The molecule has 5 heteroatoms. The van der Waals surface area contributed by atoms with Crippen LogP contribution < -0.4 is 11.5 Å². The van der Waals surface area contributed by atoms with E-state index in [0.29, 0.717) is 5.56 Å². The summed E-state index contributed by atoms with van der Waals surface area (Å²) in [4.78, 5) is 10.8. The van der Waals surface area contributed by atoms with E-state index in [9.17, 15) is 15.0 Å². The summed E-state index contributed by atoms with van der Waals surface area (Å²) >= 11 is 0. The smallest absolute Gasteiger partial charge is 0.252 e. The Kier molecular flexibility index (Phi) is 3.06. The van der Waals surface area contributed by atoms with Crippen molar-refractivity contribution in [1.82, 2.24) is 0 Å². The number of nitrogens with two attached hydrogens (primary N) is 2. The van der Waals surface area contributed by atoms with Crippen molar-refractivity contribution in [2.24, 2.45) is 11.5 Å². The molecule has 1 unspecified atom stereocenters. The molecule has 1 rings (SSSR count). The largest absolute Gasteiger partial charge is 0.507 e. The molecule has 0 spiro atoms. The van der Waals surface area contributed by atoms with Crippen molar-refractivity contribution in [2.75, 3.05) is 6.54 Å². The first-order valence-electron chi connectivity index (χ1n) is 4.07. The van der Waals surface area contributed by atoms with Crippen LogP contribution in [0.3, 0.4) is 0 Å². The summed E-state index contributed by atoms with van der Waals surface area (Å²) in [5, 5.41) is 18.6. The Morgan fingerprint density at radius 2 is 2.14 bits per heavy atom. The maximum absolute atomic E-state index is 10.8. The van der Waals surface area contributed by atoms with Gasteiger partial charge in [-0.25, -0.2) is 0 Å². The summed E-state index contributed by atoms with van der Waals surface area (Å²) in [6.07, 6.45) is -0.853. The molecule has 0 aliphatic rings. The third-order valence-corrected chi connectivity index (χ3v) is 1.89. The Hall–Kier alpha value is -1.59. The van der Waals surface area contributed by atoms with E-state index in [2.05, 4.69) is 0 Å². The third kappa shape index (κ3) is 2.01. The number of aliphatic hydroxyl groups excluding tert-OH is 1. The van der Waals surface area contributed by atoms with E-state index < -0.39 is 12.0 Å². The number of amides is 1. The lowest BCUT2D eigenvalue weighted by molar-refractivity contribution is 0.0997. The fourth-order valence-electron chi connectivity index (χ4n) is 1.09. The predicted octanol–water partition coefficient (Wildman–Crippen LogP) is -0.517. The van der Waals surface area contributed by atoms with Crippen molar-refractivity contribution in [3.05, 3.63) is 29.3 Å². The Morgan fingerprint density at radius 1 is 1.50 bits per heavy atom. The molecule has 1 aromatic carbocycles. The molecule has 0 aromatic heterocycles. The van der Waals surface area contributed by atoms with Crippen molar-refractivity contribution in [1.29, 1.82) is 0 Å². The van der Waals surface area contributed by atoms with Crippen molar-refractivity contribution in [3.63, 3.8) is 0 Å². The molecule has 1 atom stereocenters. The van der Waals surface area contributed by atoms with Gasteiger partial charge in [-0.2, -0.15) is 0 Å². The molecule has 0 fully saturated rings. The fourth-order valence-corrected chi connectivity index (χ4v) is 1.09. The highest BCUT2D eigenvalue weighted by Crippen LogP contribution is 2.21. The first-order valence-corrected chi connectivity index (χ1v) is 4.07. The number of primary amides is 1. The summed E-state index contributed by atoms with van der Waals surface area (Å²) in [6.45, 7) is 0.0446. The van der Waals surface area contributed by atoms with Crippen LogP contribution in [0.15, 0.2) is 18.2 Å². The molecule has 0 radical (unpaired) electrons. The summed E-state index contributed by atoms with van der Waals surface area (Å²) in [5.74, 6) is -0.945. The second-order valence-electron chi connectivity index (χ2n) is 2.89. The minimum atomic E-state index is -0.853. The van der Waals surface area contributed by atoms with Crippen LogP contribution in [0.25, 0.3) is 0 Å². The summed E-state index contributed by atoms with van der Waals surface area (Å²) in [6, 6.07) is 4.11. The van der Waals surface area contributed by atoms with Gasteiger partial charge in [0, 0.05) is 6.54 Å². The Labute approximate surface area is 81.0 Å². The molecule has 0 aliphatic carbocycles. The van der Waals surface area contributed by atoms with Crippen molar-refractivity contribution < 1.29 is 15.0 Å². The topological polar surface area (TPSA) is 110 Å². The van der Waals surface area contributed by atoms with Gasteiger partial charge in [0.1, 0.15) is 5.75 Å². The highest BCUT2D eigenvalue weighted by atomic mass is 16.3. The van der Waals surface area contributed by atoms with Crippen LogP contribution in [0.1, 0.15) is 22.0 Å². The molecule has 0 saturated heterocycles. The van der Waals surface area contributed by atoms with E-state index in [-0.39, 0.29) is 17.9 Å². The Morgan fingerprint density at radius 3 is 2.64 bits per heavy atom. The van der Waals surface area contributed by atoms with Gasteiger partial charge in [0.05, 0.1) is 11.7 Å². The molecular weight excluding hydrogens is 184 g/mol. The number of phenols is 1. The van der Waals surface area contributed by atoms with E-state index in [1.54, 1.807) is 0 Å². The number of hydrogen-bond acceptors (Lipinski definition) is 4. The van der Waals surface area contributed by atoms with Crippen molar-refractivity contribution in [3.8, 4) is 5.75 Å². The van der Waals surface area contributed by atoms with Gasteiger partial charge in [0.2, 0.25) is 0 Å².